The van der Waals surface area contributed by atoms with Gasteiger partial charge in [0.25, 0.3) is 0 Å². The highest BCUT2D eigenvalue weighted by Gasteiger charge is 2.22. The highest BCUT2D eigenvalue weighted by molar-refractivity contribution is 4.78. The molecule has 0 bridgehead atoms. The van der Waals surface area contributed by atoms with Gasteiger partial charge in [-0.25, -0.2) is 0 Å². The minimum absolute atomic E-state index is 0.213. The summed E-state index contributed by atoms with van der Waals surface area (Å²) in [4.78, 5) is 2.36. The summed E-state index contributed by atoms with van der Waals surface area (Å²) < 4.78 is 5.25. The van der Waals surface area contributed by atoms with Crippen molar-refractivity contribution in [2.24, 2.45) is 5.92 Å². The number of aliphatic hydroxyl groups is 1. The van der Waals surface area contributed by atoms with Crippen LogP contribution in [0.3, 0.4) is 0 Å². The van der Waals surface area contributed by atoms with E-state index in [0.717, 1.165) is 32.1 Å². The van der Waals surface area contributed by atoms with Crippen LogP contribution >= 0.6 is 0 Å². The molecule has 114 valence electrons. The average molecular weight is 272 g/mol. The van der Waals surface area contributed by atoms with Crippen LogP contribution in [0.5, 0.6) is 0 Å². The first-order valence-electron chi connectivity index (χ1n) is 7.64. The molecule has 1 aliphatic heterocycles. The number of ether oxygens (including phenoxy) is 1. The summed E-state index contributed by atoms with van der Waals surface area (Å²) >= 11 is 0. The first kappa shape index (κ1) is 16.9. The van der Waals surface area contributed by atoms with Crippen LogP contribution in [0.2, 0.25) is 0 Å². The van der Waals surface area contributed by atoms with E-state index < -0.39 is 0 Å². The summed E-state index contributed by atoms with van der Waals surface area (Å²) in [7, 11) is 0. The van der Waals surface area contributed by atoms with Gasteiger partial charge in [0.1, 0.15) is 0 Å². The molecule has 1 saturated heterocycles. The van der Waals surface area contributed by atoms with Gasteiger partial charge in [-0.05, 0) is 66.1 Å². The molecule has 0 radical (unpaired) electrons. The second-order valence-electron chi connectivity index (χ2n) is 6.69. The molecule has 0 spiro atoms. The molecule has 0 aliphatic carbocycles. The topological polar surface area (TPSA) is 44.7 Å². The third-order valence-corrected chi connectivity index (χ3v) is 3.61. The lowest BCUT2D eigenvalue weighted by atomic mass is 9.95. The minimum Gasteiger partial charge on any atom is -0.389 e. The molecule has 1 heterocycles. The summed E-state index contributed by atoms with van der Waals surface area (Å²) in [5, 5.41) is 13.4. The molecule has 1 rings (SSSR count). The van der Waals surface area contributed by atoms with E-state index in [4.69, 9.17) is 4.74 Å². The van der Waals surface area contributed by atoms with Crippen LogP contribution in [0.15, 0.2) is 0 Å². The molecule has 1 fully saturated rings. The molecule has 4 heteroatoms. The van der Waals surface area contributed by atoms with Crippen molar-refractivity contribution in [2.75, 3.05) is 39.4 Å². The quantitative estimate of drug-likeness (QED) is 0.737. The van der Waals surface area contributed by atoms with Gasteiger partial charge < -0.3 is 20.1 Å². The summed E-state index contributed by atoms with van der Waals surface area (Å²) in [6.07, 6.45) is 2.11. The Morgan fingerprint density at radius 3 is 2.47 bits per heavy atom. The lowest BCUT2D eigenvalue weighted by Gasteiger charge is -2.34. The predicted molar refractivity (Wildman–Crippen MR) is 79.4 cm³/mol. The number of likely N-dealkylation sites (tertiary alicyclic amines) is 1. The molecular formula is C15H32N2O2. The third-order valence-electron chi connectivity index (χ3n) is 3.61. The normalized spacial score (nSPS) is 20.7. The standard InChI is InChI=1S/C15H32N2O2/c1-5-19-12-14(18)11-17-8-6-13(7-9-17)10-16-15(2,3)4/h13-14,16,18H,5-12H2,1-4H3. The Kier molecular flexibility index (Phi) is 7.29. The Labute approximate surface area is 118 Å². The van der Waals surface area contributed by atoms with Crippen molar-refractivity contribution in [1.82, 2.24) is 10.2 Å². The summed E-state index contributed by atoms with van der Waals surface area (Å²) in [5.41, 5.74) is 0.213. The molecule has 0 aromatic heterocycles. The molecule has 19 heavy (non-hydrogen) atoms. The number of piperidine rings is 1. The highest BCUT2D eigenvalue weighted by Crippen LogP contribution is 2.17. The maximum Gasteiger partial charge on any atom is 0.0900 e. The van der Waals surface area contributed by atoms with Crippen LogP contribution in [0.4, 0.5) is 0 Å². The van der Waals surface area contributed by atoms with E-state index in [1.165, 1.54) is 12.8 Å². The maximum atomic E-state index is 9.83. The molecule has 1 aliphatic rings. The number of nitrogens with zero attached hydrogens (tertiary/aromatic N) is 1. The molecule has 0 amide bonds. The molecule has 4 nitrogen and oxygen atoms in total. The first-order chi connectivity index (χ1) is 8.90. The van der Waals surface area contributed by atoms with E-state index in [1.54, 1.807) is 0 Å². The fraction of sp³-hybridized carbons (Fsp3) is 1.00. The van der Waals surface area contributed by atoms with Crippen molar-refractivity contribution in [3.8, 4) is 0 Å². The number of rotatable bonds is 7. The van der Waals surface area contributed by atoms with Crippen LogP contribution in [0, 0.1) is 5.92 Å². The predicted octanol–water partition coefficient (Wildman–Crippen LogP) is 1.48. The van der Waals surface area contributed by atoms with Gasteiger partial charge in [-0.1, -0.05) is 0 Å². The second-order valence-corrected chi connectivity index (χ2v) is 6.69. The minimum atomic E-state index is -0.343. The zero-order valence-electron chi connectivity index (χ0n) is 13.1. The van der Waals surface area contributed by atoms with Crippen molar-refractivity contribution in [3.63, 3.8) is 0 Å². The number of β-amino-alcohol motifs (C(OH)–C–C–N with tert-alkyl or cyclic N) is 1. The van der Waals surface area contributed by atoms with Crippen LogP contribution in [-0.2, 0) is 4.74 Å². The molecule has 0 aromatic carbocycles. The summed E-state index contributed by atoms with van der Waals surface area (Å²) in [6, 6.07) is 0. The van der Waals surface area contributed by atoms with Crippen LogP contribution in [0.25, 0.3) is 0 Å². The molecule has 0 saturated carbocycles. The number of aliphatic hydroxyl groups excluding tert-OH is 1. The van der Waals surface area contributed by atoms with E-state index in [0.29, 0.717) is 13.2 Å². The lowest BCUT2D eigenvalue weighted by Crippen LogP contribution is -2.44. The van der Waals surface area contributed by atoms with Crippen LogP contribution < -0.4 is 5.32 Å². The van der Waals surface area contributed by atoms with Gasteiger partial charge in [0.05, 0.1) is 12.7 Å². The smallest absolute Gasteiger partial charge is 0.0900 e. The fourth-order valence-electron chi connectivity index (χ4n) is 2.43. The molecule has 1 unspecified atom stereocenters. The Morgan fingerprint density at radius 2 is 1.95 bits per heavy atom. The number of nitrogens with one attached hydrogen (secondary N) is 1. The van der Waals surface area contributed by atoms with E-state index >= 15 is 0 Å². The lowest BCUT2D eigenvalue weighted by molar-refractivity contribution is 0.0145. The Balaban J connectivity index is 2.14. The van der Waals surface area contributed by atoms with E-state index in [1.807, 2.05) is 6.92 Å². The zero-order chi connectivity index (χ0) is 14.3. The molecule has 1 atom stereocenters. The average Bonchev–Trinajstić information content (AvgIpc) is 2.34. The van der Waals surface area contributed by atoms with Gasteiger partial charge in [-0.15, -0.1) is 0 Å². The van der Waals surface area contributed by atoms with Crippen molar-refractivity contribution in [2.45, 2.75) is 52.2 Å². The third kappa shape index (κ3) is 7.88. The maximum absolute atomic E-state index is 9.83. The monoisotopic (exact) mass is 272 g/mol. The Bertz CT molecular complexity index is 233. The van der Waals surface area contributed by atoms with Crippen LogP contribution in [-0.4, -0.2) is 61.0 Å². The largest absolute Gasteiger partial charge is 0.389 e. The van der Waals surface area contributed by atoms with Crippen molar-refractivity contribution in [3.05, 3.63) is 0 Å². The number of hydrogen-bond acceptors (Lipinski definition) is 4. The highest BCUT2D eigenvalue weighted by atomic mass is 16.5. The first-order valence-corrected chi connectivity index (χ1v) is 7.64. The zero-order valence-corrected chi connectivity index (χ0v) is 13.1. The van der Waals surface area contributed by atoms with Gasteiger partial charge in [0, 0.05) is 18.7 Å². The Morgan fingerprint density at radius 1 is 1.32 bits per heavy atom. The van der Waals surface area contributed by atoms with Gasteiger partial charge in [-0.2, -0.15) is 0 Å². The van der Waals surface area contributed by atoms with Crippen molar-refractivity contribution >= 4 is 0 Å². The van der Waals surface area contributed by atoms with Gasteiger partial charge in [0.15, 0.2) is 0 Å². The van der Waals surface area contributed by atoms with E-state index in [9.17, 15) is 5.11 Å². The molecule has 0 aromatic rings. The number of hydrogen-bond donors (Lipinski definition) is 2. The SMILES string of the molecule is CCOCC(O)CN1CCC(CNC(C)(C)C)CC1. The van der Waals surface area contributed by atoms with Gasteiger partial charge in [-0.3, -0.25) is 0 Å². The summed E-state index contributed by atoms with van der Waals surface area (Å²) in [5.74, 6) is 0.777. The van der Waals surface area contributed by atoms with Crippen molar-refractivity contribution < 1.29 is 9.84 Å². The van der Waals surface area contributed by atoms with Crippen LogP contribution in [0.1, 0.15) is 40.5 Å². The van der Waals surface area contributed by atoms with Crippen molar-refractivity contribution in [1.29, 1.82) is 0 Å². The Hall–Kier alpha value is -0.160. The van der Waals surface area contributed by atoms with E-state index in [-0.39, 0.29) is 11.6 Å². The van der Waals surface area contributed by atoms with Gasteiger partial charge >= 0.3 is 0 Å². The molecular weight excluding hydrogens is 240 g/mol. The summed E-state index contributed by atoms with van der Waals surface area (Å²) in [6.45, 7) is 13.8. The van der Waals surface area contributed by atoms with Gasteiger partial charge in [0.2, 0.25) is 0 Å². The second kappa shape index (κ2) is 8.20. The fourth-order valence-corrected chi connectivity index (χ4v) is 2.43. The van der Waals surface area contributed by atoms with E-state index in [2.05, 4.69) is 31.0 Å². The molecule has 2 N–H and O–H groups in total.